The van der Waals surface area contributed by atoms with Crippen LogP contribution in [0.4, 0.5) is 0 Å². The van der Waals surface area contributed by atoms with Crippen molar-refractivity contribution in [2.45, 2.75) is 25.4 Å². The van der Waals surface area contributed by atoms with E-state index < -0.39 is 0 Å². The SMILES string of the molecule is CN1CCC(N(C)C(=O)COc2ccccc2CN)CC1. The number of nitrogens with two attached hydrogens (primary N) is 1. The molecular formula is C16H25N3O2. The minimum Gasteiger partial charge on any atom is -0.483 e. The highest BCUT2D eigenvalue weighted by molar-refractivity contribution is 5.77. The van der Waals surface area contributed by atoms with Crippen molar-refractivity contribution in [2.75, 3.05) is 33.8 Å². The second-order valence-electron chi connectivity index (χ2n) is 5.64. The number of carbonyl (C=O) groups is 1. The molecule has 1 aromatic rings. The molecule has 0 radical (unpaired) electrons. The van der Waals surface area contributed by atoms with E-state index in [9.17, 15) is 4.79 Å². The highest BCUT2D eigenvalue weighted by Gasteiger charge is 2.24. The van der Waals surface area contributed by atoms with Crippen molar-refractivity contribution in [3.05, 3.63) is 29.8 Å². The monoisotopic (exact) mass is 291 g/mol. The van der Waals surface area contributed by atoms with Crippen LogP contribution >= 0.6 is 0 Å². The van der Waals surface area contributed by atoms with Gasteiger partial charge in [0.1, 0.15) is 5.75 Å². The molecule has 5 nitrogen and oxygen atoms in total. The number of amides is 1. The van der Waals surface area contributed by atoms with Gasteiger partial charge < -0.3 is 20.3 Å². The second-order valence-corrected chi connectivity index (χ2v) is 5.64. The Bertz CT molecular complexity index is 470. The molecule has 116 valence electrons. The molecule has 0 aliphatic carbocycles. The molecule has 1 amide bonds. The lowest BCUT2D eigenvalue weighted by atomic mass is 10.0. The van der Waals surface area contributed by atoms with Gasteiger partial charge in [-0.2, -0.15) is 0 Å². The third kappa shape index (κ3) is 4.19. The molecule has 0 unspecified atom stereocenters. The van der Waals surface area contributed by atoms with Crippen LogP contribution in [0.5, 0.6) is 5.75 Å². The summed E-state index contributed by atoms with van der Waals surface area (Å²) in [7, 11) is 3.99. The maximum absolute atomic E-state index is 12.3. The van der Waals surface area contributed by atoms with Gasteiger partial charge in [-0.15, -0.1) is 0 Å². The molecule has 2 N–H and O–H groups in total. The van der Waals surface area contributed by atoms with Crippen molar-refractivity contribution in [3.63, 3.8) is 0 Å². The molecule has 21 heavy (non-hydrogen) atoms. The lowest BCUT2D eigenvalue weighted by Crippen LogP contribution is -2.45. The Morgan fingerprint density at radius 1 is 1.38 bits per heavy atom. The van der Waals surface area contributed by atoms with Crippen molar-refractivity contribution in [1.29, 1.82) is 0 Å². The number of ether oxygens (including phenoxy) is 1. The molecule has 0 aromatic heterocycles. The Balaban J connectivity index is 1.86. The summed E-state index contributed by atoms with van der Waals surface area (Å²) in [4.78, 5) is 16.4. The fraction of sp³-hybridized carbons (Fsp3) is 0.562. The molecule has 0 saturated carbocycles. The number of benzene rings is 1. The van der Waals surface area contributed by atoms with Crippen LogP contribution in [0.3, 0.4) is 0 Å². The number of likely N-dealkylation sites (N-methyl/N-ethyl adjacent to an activating group) is 1. The summed E-state index contributed by atoms with van der Waals surface area (Å²) < 4.78 is 5.64. The average molecular weight is 291 g/mol. The van der Waals surface area contributed by atoms with Crippen LogP contribution in [-0.2, 0) is 11.3 Å². The van der Waals surface area contributed by atoms with Gasteiger partial charge in [0.25, 0.3) is 5.91 Å². The first-order valence-electron chi connectivity index (χ1n) is 7.46. The van der Waals surface area contributed by atoms with Crippen molar-refractivity contribution in [3.8, 4) is 5.75 Å². The Labute approximate surface area is 126 Å². The Hall–Kier alpha value is -1.59. The molecule has 2 rings (SSSR count). The van der Waals surface area contributed by atoms with Crippen molar-refractivity contribution in [2.24, 2.45) is 5.73 Å². The zero-order chi connectivity index (χ0) is 15.2. The van der Waals surface area contributed by atoms with Crippen molar-refractivity contribution >= 4 is 5.91 Å². The minimum atomic E-state index is 0.0244. The second kappa shape index (κ2) is 7.43. The molecule has 1 heterocycles. The predicted octanol–water partition coefficient (Wildman–Crippen LogP) is 1.08. The normalized spacial score (nSPS) is 16.7. The Morgan fingerprint density at radius 3 is 2.71 bits per heavy atom. The van der Waals surface area contributed by atoms with Gasteiger partial charge in [-0.1, -0.05) is 18.2 Å². The summed E-state index contributed by atoms with van der Waals surface area (Å²) in [5.41, 5.74) is 6.59. The summed E-state index contributed by atoms with van der Waals surface area (Å²) in [5, 5.41) is 0. The first-order valence-corrected chi connectivity index (χ1v) is 7.46. The number of para-hydroxylation sites is 1. The van der Waals surface area contributed by atoms with Crippen LogP contribution < -0.4 is 10.5 Å². The summed E-state index contributed by atoms with van der Waals surface area (Å²) >= 11 is 0. The van der Waals surface area contributed by atoms with E-state index in [2.05, 4.69) is 11.9 Å². The summed E-state index contributed by atoms with van der Waals surface area (Å²) in [5.74, 6) is 0.724. The van der Waals surface area contributed by atoms with E-state index in [4.69, 9.17) is 10.5 Å². The molecular weight excluding hydrogens is 266 g/mol. The predicted molar refractivity (Wildman–Crippen MR) is 83.1 cm³/mol. The van der Waals surface area contributed by atoms with Gasteiger partial charge in [0.15, 0.2) is 6.61 Å². The minimum absolute atomic E-state index is 0.0244. The fourth-order valence-corrected chi connectivity index (χ4v) is 2.64. The molecule has 1 fully saturated rings. The lowest BCUT2D eigenvalue weighted by molar-refractivity contribution is -0.135. The van der Waals surface area contributed by atoms with Gasteiger partial charge >= 0.3 is 0 Å². The van der Waals surface area contributed by atoms with Gasteiger partial charge in [0.2, 0.25) is 0 Å². The molecule has 1 aliphatic rings. The lowest BCUT2D eigenvalue weighted by Gasteiger charge is -2.35. The maximum atomic E-state index is 12.3. The third-order valence-corrected chi connectivity index (χ3v) is 4.17. The number of hydrogen-bond acceptors (Lipinski definition) is 4. The van der Waals surface area contributed by atoms with E-state index in [1.807, 2.05) is 36.2 Å². The highest BCUT2D eigenvalue weighted by Crippen LogP contribution is 2.18. The molecule has 0 atom stereocenters. The van der Waals surface area contributed by atoms with E-state index in [1.54, 1.807) is 0 Å². The van der Waals surface area contributed by atoms with Gasteiger partial charge in [-0.05, 0) is 39.0 Å². The van der Waals surface area contributed by atoms with Crippen LogP contribution in [0.2, 0.25) is 0 Å². The van der Waals surface area contributed by atoms with Crippen LogP contribution in [0, 0.1) is 0 Å². The highest BCUT2D eigenvalue weighted by atomic mass is 16.5. The first kappa shape index (κ1) is 15.8. The summed E-state index contributed by atoms with van der Waals surface area (Å²) in [6.45, 7) is 2.56. The topological polar surface area (TPSA) is 58.8 Å². The van der Waals surface area contributed by atoms with E-state index in [0.29, 0.717) is 18.3 Å². The zero-order valence-corrected chi connectivity index (χ0v) is 12.9. The van der Waals surface area contributed by atoms with Gasteiger partial charge in [-0.3, -0.25) is 4.79 Å². The van der Waals surface area contributed by atoms with Gasteiger partial charge in [-0.25, -0.2) is 0 Å². The zero-order valence-electron chi connectivity index (χ0n) is 12.9. The quantitative estimate of drug-likeness (QED) is 0.882. The summed E-state index contributed by atoms with van der Waals surface area (Å²) in [6.07, 6.45) is 2.05. The molecule has 0 bridgehead atoms. The van der Waals surface area contributed by atoms with E-state index in [-0.39, 0.29) is 12.5 Å². The number of nitrogens with zero attached hydrogens (tertiary/aromatic N) is 2. The van der Waals surface area contributed by atoms with Crippen LogP contribution in [-0.4, -0.2) is 55.5 Å². The third-order valence-electron chi connectivity index (χ3n) is 4.17. The maximum Gasteiger partial charge on any atom is 0.260 e. The van der Waals surface area contributed by atoms with Gasteiger partial charge in [0, 0.05) is 25.2 Å². The van der Waals surface area contributed by atoms with E-state index >= 15 is 0 Å². The van der Waals surface area contributed by atoms with Crippen LogP contribution in [0.25, 0.3) is 0 Å². The molecule has 1 aliphatic heterocycles. The molecule has 0 spiro atoms. The van der Waals surface area contributed by atoms with Gasteiger partial charge in [0.05, 0.1) is 0 Å². The number of hydrogen-bond donors (Lipinski definition) is 1. The van der Waals surface area contributed by atoms with Crippen LogP contribution in [0.1, 0.15) is 18.4 Å². The van der Waals surface area contributed by atoms with E-state index in [1.165, 1.54) is 0 Å². The van der Waals surface area contributed by atoms with E-state index in [0.717, 1.165) is 31.5 Å². The van der Waals surface area contributed by atoms with Crippen molar-refractivity contribution in [1.82, 2.24) is 9.80 Å². The number of carbonyl (C=O) groups excluding carboxylic acids is 1. The van der Waals surface area contributed by atoms with Crippen LogP contribution in [0.15, 0.2) is 24.3 Å². The number of piperidine rings is 1. The average Bonchev–Trinajstić information content (AvgIpc) is 2.52. The number of likely N-dealkylation sites (tertiary alicyclic amines) is 1. The number of rotatable bonds is 5. The van der Waals surface area contributed by atoms with Crippen molar-refractivity contribution < 1.29 is 9.53 Å². The smallest absolute Gasteiger partial charge is 0.260 e. The first-order chi connectivity index (χ1) is 10.1. The largest absolute Gasteiger partial charge is 0.483 e. The fourth-order valence-electron chi connectivity index (χ4n) is 2.64. The molecule has 1 saturated heterocycles. The standard InChI is InChI=1S/C16H25N3O2/c1-18-9-7-14(8-10-18)19(2)16(20)12-21-15-6-4-3-5-13(15)11-17/h3-6,14H,7-12,17H2,1-2H3. The summed E-state index contributed by atoms with van der Waals surface area (Å²) in [6, 6.07) is 7.90. The molecule has 5 heteroatoms. The molecule has 1 aromatic carbocycles. The Morgan fingerprint density at radius 2 is 2.05 bits per heavy atom. The Kier molecular flexibility index (Phi) is 5.59.